The Morgan fingerprint density at radius 3 is 2.62 bits per heavy atom. The normalized spacial score (nSPS) is 14.0. The van der Waals surface area contributed by atoms with Crippen LogP contribution in [0.25, 0.3) is 0 Å². The van der Waals surface area contributed by atoms with E-state index in [1.165, 1.54) is 36.7 Å². The predicted octanol–water partition coefficient (Wildman–Crippen LogP) is 2.95. The number of nitrogens with two attached hydrogens (primary N) is 1. The van der Waals surface area contributed by atoms with Crippen LogP contribution in [0.2, 0.25) is 0 Å². The van der Waals surface area contributed by atoms with E-state index in [9.17, 15) is 4.39 Å². The highest BCUT2D eigenvalue weighted by molar-refractivity contribution is 8.22. The van der Waals surface area contributed by atoms with Gasteiger partial charge >= 0.3 is 0 Å². The molecule has 1 aliphatic rings. The number of rotatable bonds is 4. The molecule has 0 aliphatic carbocycles. The lowest BCUT2D eigenvalue weighted by atomic mass is 10.3. The molecule has 9 heteroatoms. The summed E-state index contributed by atoms with van der Waals surface area (Å²) in [5, 5.41) is 2.99. The lowest BCUT2D eigenvalue weighted by Crippen LogP contribution is -2.23. The van der Waals surface area contributed by atoms with Gasteiger partial charge in [-0.3, -0.25) is 0 Å². The number of halogens is 1. The summed E-state index contributed by atoms with van der Waals surface area (Å²) in [5.41, 5.74) is 6.43. The zero-order chi connectivity index (χ0) is 16.9. The maximum Gasteiger partial charge on any atom is 0.232 e. The maximum atomic E-state index is 12.9. The van der Waals surface area contributed by atoms with Crippen LogP contribution >= 0.6 is 24.0 Å². The van der Waals surface area contributed by atoms with E-state index in [2.05, 4.69) is 25.2 Å². The second kappa shape index (κ2) is 7.71. The van der Waals surface area contributed by atoms with E-state index < -0.39 is 0 Å². The summed E-state index contributed by atoms with van der Waals surface area (Å²) >= 11 is 6.96. The van der Waals surface area contributed by atoms with Gasteiger partial charge in [0.1, 0.15) is 16.0 Å². The molecule has 1 aromatic carbocycles. The number of benzene rings is 1. The van der Waals surface area contributed by atoms with Gasteiger partial charge in [0, 0.05) is 18.8 Å². The molecule has 0 saturated carbocycles. The number of thioether (sulfide) groups is 1. The molecule has 126 valence electrons. The number of hydrogen-bond donors (Lipinski definition) is 2. The minimum atomic E-state index is -0.303. The van der Waals surface area contributed by atoms with Crippen LogP contribution in [0.3, 0.4) is 0 Å². The van der Waals surface area contributed by atoms with Gasteiger partial charge in [0.05, 0.1) is 5.75 Å². The molecule has 6 nitrogen and oxygen atoms in total. The van der Waals surface area contributed by atoms with E-state index in [0.717, 1.165) is 17.4 Å². The van der Waals surface area contributed by atoms with E-state index >= 15 is 0 Å². The Bertz CT molecular complexity index is 718. The number of nitrogen functional groups attached to an aromatic ring is 1. The minimum absolute atomic E-state index is 0.136. The average Bonchev–Trinajstić information content (AvgIpc) is 3.09. The number of aromatic nitrogens is 3. The Hall–Kier alpha value is -2.00. The van der Waals surface area contributed by atoms with Crippen molar-refractivity contribution in [3.63, 3.8) is 0 Å². The van der Waals surface area contributed by atoms with Crippen LogP contribution < -0.4 is 11.1 Å². The Labute approximate surface area is 149 Å². The molecule has 0 atom stereocenters. The van der Waals surface area contributed by atoms with Crippen molar-refractivity contribution < 1.29 is 4.39 Å². The molecule has 1 aromatic heterocycles. The molecule has 1 fully saturated rings. The van der Waals surface area contributed by atoms with Crippen LogP contribution in [0.5, 0.6) is 0 Å². The first-order valence-corrected chi connectivity index (χ1v) is 8.94. The third kappa shape index (κ3) is 4.51. The van der Waals surface area contributed by atoms with Gasteiger partial charge in [-0.1, -0.05) is 24.0 Å². The summed E-state index contributed by atoms with van der Waals surface area (Å²) in [6.07, 6.45) is 2.37. The van der Waals surface area contributed by atoms with Gasteiger partial charge in [-0.2, -0.15) is 15.0 Å². The topological polar surface area (TPSA) is 80.0 Å². The van der Waals surface area contributed by atoms with Crippen molar-refractivity contribution in [2.45, 2.75) is 18.6 Å². The largest absolute Gasteiger partial charge is 0.368 e. The fourth-order valence-corrected chi connectivity index (χ4v) is 3.44. The molecular weight excluding hydrogens is 347 g/mol. The lowest BCUT2D eigenvalue weighted by Gasteiger charge is -2.17. The second-order valence-corrected chi connectivity index (χ2v) is 6.92. The third-order valence-electron chi connectivity index (χ3n) is 3.49. The van der Waals surface area contributed by atoms with Crippen LogP contribution in [-0.2, 0) is 5.75 Å². The van der Waals surface area contributed by atoms with Crippen LogP contribution in [0.15, 0.2) is 24.3 Å². The first-order chi connectivity index (χ1) is 11.6. The highest BCUT2D eigenvalue weighted by atomic mass is 32.2. The van der Waals surface area contributed by atoms with Crippen molar-refractivity contribution in [2.75, 3.05) is 24.1 Å². The molecule has 0 bridgehead atoms. The average molecular weight is 364 g/mol. The lowest BCUT2D eigenvalue weighted by molar-refractivity contribution is 0.539. The molecular formula is C15H17FN6S2. The van der Waals surface area contributed by atoms with Gasteiger partial charge in [0.2, 0.25) is 11.9 Å². The molecule has 2 heterocycles. The van der Waals surface area contributed by atoms with Crippen molar-refractivity contribution in [1.29, 1.82) is 0 Å². The van der Waals surface area contributed by atoms with Gasteiger partial charge in [0.15, 0.2) is 0 Å². The van der Waals surface area contributed by atoms with Crippen molar-refractivity contribution in [1.82, 2.24) is 19.9 Å². The van der Waals surface area contributed by atoms with E-state index in [-0.39, 0.29) is 11.8 Å². The fraction of sp³-hybridized carbons (Fsp3) is 0.333. The van der Waals surface area contributed by atoms with Crippen molar-refractivity contribution in [3.8, 4) is 0 Å². The number of nitrogens with one attached hydrogen (secondary N) is 1. The summed E-state index contributed by atoms with van der Waals surface area (Å²) in [5.74, 6) is 1.25. The summed E-state index contributed by atoms with van der Waals surface area (Å²) in [7, 11) is 0. The van der Waals surface area contributed by atoms with Crippen molar-refractivity contribution in [3.05, 3.63) is 35.9 Å². The van der Waals surface area contributed by atoms with Crippen molar-refractivity contribution >= 4 is 45.9 Å². The molecule has 3 N–H and O–H groups in total. The molecule has 1 saturated heterocycles. The molecule has 1 aliphatic heterocycles. The van der Waals surface area contributed by atoms with Crippen LogP contribution in [0.4, 0.5) is 22.0 Å². The highest BCUT2D eigenvalue weighted by Crippen LogP contribution is 2.20. The Kier molecular flexibility index (Phi) is 5.41. The summed E-state index contributed by atoms with van der Waals surface area (Å²) in [4.78, 5) is 14.7. The van der Waals surface area contributed by atoms with Crippen LogP contribution in [0.1, 0.15) is 18.7 Å². The Morgan fingerprint density at radius 1 is 1.21 bits per heavy atom. The summed E-state index contributed by atoms with van der Waals surface area (Å²) < 4.78 is 13.8. The number of likely N-dealkylation sites (tertiary alicyclic amines) is 1. The van der Waals surface area contributed by atoms with Gasteiger partial charge in [-0.05, 0) is 37.1 Å². The zero-order valence-electron chi connectivity index (χ0n) is 12.9. The first-order valence-electron chi connectivity index (χ1n) is 7.55. The Balaban J connectivity index is 1.64. The third-order valence-corrected chi connectivity index (χ3v) is 5.01. The molecule has 0 radical (unpaired) electrons. The van der Waals surface area contributed by atoms with Gasteiger partial charge < -0.3 is 16.0 Å². The zero-order valence-corrected chi connectivity index (χ0v) is 14.5. The Morgan fingerprint density at radius 2 is 1.92 bits per heavy atom. The van der Waals surface area contributed by atoms with Gasteiger partial charge in [-0.15, -0.1) is 0 Å². The number of thiocarbonyl (C=S) groups is 1. The van der Waals surface area contributed by atoms with Crippen LogP contribution in [-0.4, -0.2) is 37.3 Å². The predicted molar refractivity (Wildman–Crippen MR) is 98.6 cm³/mol. The molecule has 2 aromatic rings. The van der Waals surface area contributed by atoms with E-state index in [1.807, 2.05) is 0 Å². The maximum absolute atomic E-state index is 12.9. The standard InChI is InChI=1S/C15H17FN6S2/c16-10-3-5-11(6-4-10)18-14-20-12(19-13(17)21-14)9-24-15(23)22-7-1-2-8-22/h3-6H,1-2,7-9H2,(H3,17,18,19,20,21). The van der Waals surface area contributed by atoms with Crippen molar-refractivity contribution in [2.24, 2.45) is 0 Å². The van der Waals surface area contributed by atoms with Gasteiger partial charge in [-0.25, -0.2) is 4.39 Å². The number of anilines is 3. The molecule has 3 rings (SSSR count). The van der Waals surface area contributed by atoms with Gasteiger partial charge in [0.25, 0.3) is 0 Å². The SMILES string of the molecule is Nc1nc(CSC(=S)N2CCCC2)nc(Nc2ccc(F)cc2)n1. The quantitative estimate of drug-likeness (QED) is 0.802. The fourth-order valence-electron chi connectivity index (χ4n) is 2.34. The minimum Gasteiger partial charge on any atom is -0.368 e. The molecule has 0 spiro atoms. The van der Waals surface area contributed by atoms with E-state index in [0.29, 0.717) is 23.2 Å². The molecule has 0 unspecified atom stereocenters. The molecule has 0 amide bonds. The number of nitrogens with zero attached hydrogens (tertiary/aromatic N) is 4. The first kappa shape index (κ1) is 16.8. The molecule has 24 heavy (non-hydrogen) atoms. The summed E-state index contributed by atoms with van der Waals surface area (Å²) in [6.45, 7) is 2.03. The van der Waals surface area contributed by atoms with E-state index in [4.69, 9.17) is 18.0 Å². The van der Waals surface area contributed by atoms with Crippen LogP contribution in [0, 0.1) is 5.82 Å². The highest BCUT2D eigenvalue weighted by Gasteiger charge is 2.16. The van der Waals surface area contributed by atoms with E-state index in [1.54, 1.807) is 12.1 Å². The summed E-state index contributed by atoms with van der Waals surface area (Å²) in [6, 6.07) is 5.93. The number of hydrogen-bond acceptors (Lipinski definition) is 7. The monoisotopic (exact) mass is 364 g/mol. The second-order valence-electron chi connectivity index (χ2n) is 5.31. The smallest absolute Gasteiger partial charge is 0.232 e.